The van der Waals surface area contributed by atoms with Crippen LogP contribution in [0.3, 0.4) is 0 Å². The summed E-state index contributed by atoms with van der Waals surface area (Å²) in [6, 6.07) is 9.77. The summed E-state index contributed by atoms with van der Waals surface area (Å²) in [7, 11) is 1.42. The average molecular weight is 378 g/mol. The second-order valence-corrected chi connectivity index (χ2v) is 5.54. The molecule has 0 atom stereocenters. The maximum absolute atomic E-state index is 12.6. The molecule has 0 fully saturated rings. The van der Waals surface area contributed by atoms with Crippen LogP contribution in [0.2, 0.25) is 5.02 Å². The maximum Gasteiger partial charge on any atom is 0.341 e. The largest absolute Gasteiger partial charge is 0.496 e. The quantitative estimate of drug-likeness (QED) is 0.733. The third kappa shape index (κ3) is 4.46. The molecule has 1 amide bonds. The molecular weight excluding hydrogens is 358 g/mol. The van der Waals surface area contributed by atoms with E-state index in [1.165, 1.54) is 19.2 Å². The van der Waals surface area contributed by atoms with Crippen molar-refractivity contribution in [3.05, 3.63) is 52.5 Å². The van der Waals surface area contributed by atoms with Gasteiger partial charge < -0.3 is 19.5 Å². The summed E-state index contributed by atoms with van der Waals surface area (Å²) >= 11 is 6.23. The van der Waals surface area contributed by atoms with Crippen LogP contribution in [-0.2, 0) is 4.74 Å². The van der Waals surface area contributed by atoms with Crippen molar-refractivity contribution in [2.45, 2.75) is 13.8 Å². The Bertz CT molecular complexity index is 807. The summed E-state index contributed by atoms with van der Waals surface area (Å²) < 4.78 is 15.7. The van der Waals surface area contributed by atoms with Crippen LogP contribution in [0, 0.1) is 0 Å². The molecule has 26 heavy (non-hydrogen) atoms. The van der Waals surface area contributed by atoms with E-state index >= 15 is 0 Å². The highest BCUT2D eigenvalue weighted by Gasteiger charge is 2.19. The van der Waals surface area contributed by atoms with Crippen LogP contribution in [0.5, 0.6) is 11.5 Å². The van der Waals surface area contributed by atoms with Gasteiger partial charge in [-0.05, 0) is 32.0 Å². The van der Waals surface area contributed by atoms with Crippen molar-refractivity contribution >= 4 is 29.2 Å². The Morgan fingerprint density at radius 2 is 1.77 bits per heavy atom. The van der Waals surface area contributed by atoms with Crippen molar-refractivity contribution in [2.75, 3.05) is 25.6 Å². The minimum atomic E-state index is -0.550. The van der Waals surface area contributed by atoms with E-state index in [-0.39, 0.29) is 28.8 Å². The van der Waals surface area contributed by atoms with Crippen LogP contribution in [0.4, 0.5) is 5.69 Å². The van der Waals surface area contributed by atoms with E-state index in [2.05, 4.69) is 5.32 Å². The topological polar surface area (TPSA) is 73.9 Å². The van der Waals surface area contributed by atoms with Crippen LogP contribution in [-0.4, -0.2) is 32.2 Å². The number of methoxy groups -OCH3 is 1. The van der Waals surface area contributed by atoms with Crippen molar-refractivity contribution in [2.24, 2.45) is 0 Å². The van der Waals surface area contributed by atoms with Gasteiger partial charge in [0.2, 0.25) is 0 Å². The number of esters is 1. The molecule has 0 aliphatic carbocycles. The number of halogens is 1. The normalized spacial score (nSPS) is 10.2. The second-order valence-electron chi connectivity index (χ2n) is 5.14. The van der Waals surface area contributed by atoms with Gasteiger partial charge in [-0.25, -0.2) is 4.79 Å². The van der Waals surface area contributed by atoms with Gasteiger partial charge in [-0.3, -0.25) is 4.79 Å². The van der Waals surface area contributed by atoms with Crippen molar-refractivity contribution in [1.29, 1.82) is 0 Å². The minimum absolute atomic E-state index is 0.187. The number of amides is 1. The Kier molecular flexibility index (Phi) is 6.86. The molecule has 0 bridgehead atoms. The highest BCUT2D eigenvalue weighted by atomic mass is 35.5. The van der Waals surface area contributed by atoms with Crippen molar-refractivity contribution in [1.82, 2.24) is 0 Å². The number of rotatable bonds is 7. The van der Waals surface area contributed by atoms with Crippen molar-refractivity contribution in [3.8, 4) is 11.5 Å². The summed E-state index contributed by atoms with van der Waals surface area (Å²) in [4.78, 5) is 24.6. The summed E-state index contributed by atoms with van der Waals surface area (Å²) in [5.74, 6) is -0.215. The summed E-state index contributed by atoms with van der Waals surface area (Å²) in [6.45, 7) is 4.21. The van der Waals surface area contributed by atoms with E-state index in [1.54, 1.807) is 31.2 Å². The molecule has 7 heteroatoms. The van der Waals surface area contributed by atoms with Gasteiger partial charge in [0, 0.05) is 6.07 Å². The summed E-state index contributed by atoms with van der Waals surface area (Å²) in [5, 5.41) is 2.91. The molecule has 0 saturated carbocycles. The molecule has 1 N–H and O–H groups in total. The molecule has 0 saturated heterocycles. The molecule has 2 aromatic carbocycles. The molecular formula is C19H20ClNO5. The van der Waals surface area contributed by atoms with E-state index in [0.717, 1.165) is 0 Å². The Balaban J connectivity index is 2.32. The van der Waals surface area contributed by atoms with Gasteiger partial charge in [-0.15, -0.1) is 0 Å². The van der Waals surface area contributed by atoms with Gasteiger partial charge in [0.05, 0.1) is 36.6 Å². The maximum atomic E-state index is 12.6. The Hall–Kier alpha value is -2.73. The molecule has 2 aromatic rings. The van der Waals surface area contributed by atoms with Crippen LogP contribution < -0.4 is 14.8 Å². The first-order chi connectivity index (χ1) is 12.5. The van der Waals surface area contributed by atoms with Gasteiger partial charge >= 0.3 is 5.97 Å². The van der Waals surface area contributed by atoms with E-state index in [9.17, 15) is 9.59 Å². The molecule has 138 valence electrons. The Morgan fingerprint density at radius 3 is 2.42 bits per heavy atom. The lowest BCUT2D eigenvalue weighted by Gasteiger charge is -2.14. The van der Waals surface area contributed by atoms with E-state index in [0.29, 0.717) is 23.6 Å². The highest BCUT2D eigenvalue weighted by molar-refractivity contribution is 6.34. The van der Waals surface area contributed by atoms with Crippen LogP contribution in [0.25, 0.3) is 0 Å². The first kappa shape index (κ1) is 19.6. The molecule has 0 heterocycles. The van der Waals surface area contributed by atoms with Crippen LogP contribution in [0.1, 0.15) is 34.6 Å². The van der Waals surface area contributed by atoms with E-state index < -0.39 is 5.97 Å². The highest BCUT2D eigenvalue weighted by Crippen LogP contribution is 2.32. The lowest BCUT2D eigenvalue weighted by molar-refractivity contribution is 0.0522. The summed E-state index contributed by atoms with van der Waals surface area (Å²) in [5.41, 5.74) is 0.874. The van der Waals surface area contributed by atoms with Crippen molar-refractivity contribution in [3.63, 3.8) is 0 Å². The second kappa shape index (κ2) is 9.10. The first-order valence-electron chi connectivity index (χ1n) is 8.09. The minimum Gasteiger partial charge on any atom is -0.496 e. The van der Waals surface area contributed by atoms with Crippen LogP contribution >= 0.6 is 11.6 Å². The number of ether oxygens (including phenoxy) is 3. The zero-order valence-corrected chi connectivity index (χ0v) is 15.6. The number of anilines is 1. The molecule has 0 aliphatic rings. The number of carbonyl (C=O) groups is 2. The Labute approximate surface area is 157 Å². The fraction of sp³-hybridized carbons (Fsp3) is 0.263. The zero-order valence-electron chi connectivity index (χ0n) is 14.8. The van der Waals surface area contributed by atoms with E-state index in [4.69, 9.17) is 25.8 Å². The number of nitrogens with one attached hydrogen (secondary N) is 1. The van der Waals surface area contributed by atoms with Crippen molar-refractivity contribution < 1.29 is 23.8 Å². The number of hydrogen-bond acceptors (Lipinski definition) is 5. The van der Waals surface area contributed by atoms with Gasteiger partial charge in [0.25, 0.3) is 5.91 Å². The number of para-hydroxylation sites is 1. The molecule has 0 radical (unpaired) electrons. The molecule has 0 spiro atoms. The molecule has 0 aliphatic heterocycles. The molecule has 6 nitrogen and oxygen atoms in total. The molecule has 2 rings (SSSR count). The van der Waals surface area contributed by atoms with Gasteiger partial charge in [-0.1, -0.05) is 23.7 Å². The smallest absolute Gasteiger partial charge is 0.341 e. The SMILES string of the molecule is CCOC(=O)c1cc(Cl)c(NC(=O)c2ccccc2OCC)cc1OC. The van der Waals surface area contributed by atoms with Crippen LogP contribution in [0.15, 0.2) is 36.4 Å². The fourth-order valence-corrected chi connectivity index (χ4v) is 2.52. The predicted molar refractivity (Wildman–Crippen MR) is 99.5 cm³/mol. The third-order valence-corrected chi connectivity index (χ3v) is 3.78. The Morgan fingerprint density at radius 1 is 1.04 bits per heavy atom. The van der Waals surface area contributed by atoms with Gasteiger partial charge in [0.15, 0.2) is 0 Å². The molecule has 0 aromatic heterocycles. The number of hydrogen-bond donors (Lipinski definition) is 1. The van der Waals surface area contributed by atoms with E-state index in [1.807, 2.05) is 6.92 Å². The fourth-order valence-electron chi connectivity index (χ4n) is 2.31. The standard InChI is InChI=1S/C19H20ClNO5/c1-4-25-16-9-7-6-8-12(16)18(22)21-15-11-17(24-3)13(10-14(15)20)19(23)26-5-2/h6-11H,4-5H2,1-3H3,(H,21,22). The number of benzene rings is 2. The first-order valence-corrected chi connectivity index (χ1v) is 8.47. The van der Waals surface area contributed by atoms with Gasteiger partial charge in [-0.2, -0.15) is 0 Å². The lowest BCUT2D eigenvalue weighted by atomic mass is 10.1. The zero-order chi connectivity index (χ0) is 19.1. The van der Waals surface area contributed by atoms with Gasteiger partial charge in [0.1, 0.15) is 17.1 Å². The summed E-state index contributed by atoms with van der Waals surface area (Å²) in [6.07, 6.45) is 0. The lowest BCUT2D eigenvalue weighted by Crippen LogP contribution is -2.15. The number of carbonyl (C=O) groups excluding carboxylic acids is 2. The monoisotopic (exact) mass is 377 g/mol. The average Bonchev–Trinajstić information content (AvgIpc) is 2.63. The molecule has 0 unspecified atom stereocenters. The third-order valence-electron chi connectivity index (χ3n) is 3.46. The predicted octanol–water partition coefficient (Wildman–Crippen LogP) is 4.18.